The van der Waals surface area contributed by atoms with Crippen molar-refractivity contribution >= 4 is 5.97 Å². The second kappa shape index (κ2) is 4.44. The quantitative estimate of drug-likeness (QED) is 0.843. The number of carbonyl (C=O) groups is 1. The molecule has 0 atom stereocenters. The van der Waals surface area contributed by atoms with Crippen molar-refractivity contribution in [2.24, 2.45) is 0 Å². The summed E-state index contributed by atoms with van der Waals surface area (Å²) < 4.78 is 0. The third-order valence-electron chi connectivity index (χ3n) is 2.61. The average molecular weight is 244 g/mol. The van der Waals surface area contributed by atoms with Crippen molar-refractivity contribution in [1.82, 2.24) is 9.97 Å². The summed E-state index contributed by atoms with van der Waals surface area (Å²) >= 11 is 0. The van der Waals surface area contributed by atoms with Gasteiger partial charge in [-0.2, -0.15) is 0 Å². The fourth-order valence-electron chi connectivity index (χ4n) is 1.69. The maximum Gasteiger partial charge on any atom is 0.354 e. The number of aromatic amines is 1. The first-order valence-electron chi connectivity index (χ1n) is 5.39. The molecule has 5 heteroatoms. The van der Waals surface area contributed by atoms with Crippen LogP contribution in [0.3, 0.4) is 0 Å². The maximum atomic E-state index is 11.4. The van der Waals surface area contributed by atoms with Crippen molar-refractivity contribution in [2.45, 2.75) is 13.8 Å². The minimum absolute atomic E-state index is 0.255. The summed E-state index contributed by atoms with van der Waals surface area (Å²) in [5, 5.41) is 8.89. The number of aromatic nitrogens is 2. The van der Waals surface area contributed by atoms with E-state index in [0.717, 1.165) is 22.8 Å². The van der Waals surface area contributed by atoms with Crippen LogP contribution in [0.5, 0.6) is 0 Å². The van der Waals surface area contributed by atoms with E-state index in [-0.39, 0.29) is 11.5 Å². The van der Waals surface area contributed by atoms with E-state index in [4.69, 9.17) is 5.11 Å². The molecule has 18 heavy (non-hydrogen) atoms. The normalized spacial score (nSPS) is 10.3. The van der Waals surface area contributed by atoms with Gasteiger partial charge in [0.2, 0.25) is 0 Å². The fourth-order valence-corrected chi connectivity index (χ4v) is 1.69. The Kier molecular flexibility index (Phi) is 2.97. The van der Waals surface area contributed by atoms with Gasteiger partial charge in [-0.25, -0.2) is 9.78 Å². The van der Waals surface area contributed by atoms with Gasteiger partial charge < -0.3 is 10.1 Å². The fraction of sp³-hybridized carbons (Fsp3) is 0.154. The van der Waals surface area contributed by atoms with Crippen LogP contribution in [0, 0.1) is 13.8 Å². The summed E-state index contributed by atoms with van der Waals surface area (Å²) in [5.41, 5.74) is 1.94. The Balaban J connectivity index is 2.67. The lowest BCUT2D eigenvalue weighted by molar-refractivity contribution is 0.0690. The van der Waals surface area contributed by atoms with Crippen LogP contribution < -0.4 is 5.56 Å². The molecular weight excluding hydrogens is 232 g/mol. The molecule has 0 unspecified atom stereocenters. The van der Waals surface area contributed by atoms with Gasteiger partial charge in [0.05, 0.1) is 0 Å². The van der Waals surface area contributed by atoms with E-state index < -0.39 is 11.5 Å². The van der Waals surface area contributed by atoms with Crippen molar-refractivity contribution in [3.05, 3.63) is 51.4 Å². The van der Waals surface area contributed by atoms with Crippen LogP contribution in [0.2, 0.25) is 0 Å². The van der Waals surface area contributed by atoms with Crippen molar-refractivity contribution < 1.29 is 9.90 Å². The minimum Gasteiger partial charge on any atom is -0.477 e. The standard InChI is InChI=1S/C13H12N2O3/c1-7-3-4-8(2)9(5-7)12-14-10(13(17)18)6-11(16)15-12/h3-6H,1-2H3,(H,17,18)(H,14,15,16). The van der Waals surface area contributed by atoms with Crippen LogP contribution in [0.25, 0.3) is 11.4 Å². The second-order valence-electron chi connectivity index (χ2n) is 4.10. The summed E-state index contributed by atoms with van der Waals surface area (Å²) in [6, 6.07) is 6.67. The number of nitrogens with one attached hydrogen (secondary N) is 1. The molecule has 5 nitrogen and oxygen atoms in total. The van der Waals surface area contributed by atoms with Crippen LogP contribution in [0.15, 0.2) is 29.1 Å². The molecule has 1 aromatic carbocycles. The van der Waals surface area contributed by atoms with E-state index in [2.05, 4.69) is 9.97 Å². The molecule has 2 aromatic rings. The van der Waals surface area contributed by atoms with Crippen LogP contribution in [0.4, 0.5) is 0 Å². The number of carboxylic acids is 1. The number of H-pyrrole nitrogens is 1. The average Bonchev–Trinajstić information content (AvgIpc) is 2.31. The van der Waals surface area contributed by atoms with E-state index in [1.165, 1.54) is 0 Å². The number of hydrogen-bond acceptors (Lipinski definition) is 3. The topological polar surface area (TPSA) is 83.0 Å². The predicted octanol–water partition coefficient (Wildman–Crippen LogP) is 1.75. The van der Waals surface area contributed by atoms with Crippen molar-refractivity contribution in [1.29, 1.82) is 0 Å². The van der Waals surface area contributed by atoms with E-state index in [9.17, 15) is 9.59 Å². The molecule has 1 aromatic heterocycles. The molecule has 1 heterocycles. The van der Waals surface area contributed by atoms with Crippen molar-refractivity contribution in [3.8, 4) is 11.4 Å². The SMILES string of the molecule is Cc1ccc(C)c(-c2nc(C(=O)O)cc(=O)[nH]2)c1. The highest BCUT2D eigenvalue weighted by Gasteiger charge is 2.11. The number of benzene rings is 1. The van der Waals surface area contributed by atoms with E-state index in [1.54, 1.807) is 0 Å². The smallest absolute Gasteiger partial charge is 0.354 e. The maximum absolute atomic E-state index is 11.4. The first kappa shape index (κ1) is 12.0. The summed E-state index contributed by atoms with van der Waals surface area (Å²) in [6.45, 7) is 3.80. The number of aromatic carboxylic acids is 1. The zero-order valence-electron chi connectivity index (χ0n) is 10.0. The first-order valence-corrected chi connectivity index (χ1v) is 5.39. The number of hydrogen-bond donors (Lipinski definition) is 2. The number of nitrogens with zero attached hydrogens (tertiary/aromatic N) is 1. The van der Waals surface area contributed by atoms with Crippen LogP contribution in [-0.2, 0) is 0 Å². The number of carboxylic acid groups (broad SMARTS) is 1. The Morgan fingerprint density at radius 1 is 1.28 bits per heavy atom. The molecule has 0 bridgehead atoms. The van der Waals surface area contributed by atoms with Gasteiger partial charge in [0.1, 0.15) is 5.82 Å². The lowest BCUT2D eigenvalue weighted by Gasteiger charge is -2.06. The highest BCUT2D eigenvalue weighted by Crippen LogP contribution is 2.20. The Hall–Kier alpha value is -2.43. The molecule has 0 fully saturated rings. The zero-order chi connectivity index (χ0) is 13.3. The first-order chi connectivity index (χ1) is 8.47. The molecule has 0 saturated heterocycles. The van der Waals surface area contributed by atoms with E-state index >= 15 is 0 Å². The Morgan fingerprint density at radius 2 is 2.00 bits per heavy atom. The van der Waals surface area contributed by atoms with Crippen molar-refractivity contribution in [3.63, 3.8) is 0 Å². The molecule has 0 aliphatic carbocycles. The lowest BCUT2D eigenvalue weighted by atomic mass is 10.1. The monoisotopic (exact) mass is 244 g/mol. The van der Waals surface area contributed by atoms with Crippen LogP contribution >= 0.6 is 0 Å². The van der Waals surface area contributed by atoms with Gasteiger partial charge in [0, 0.05) is 11.6 Å². The Labute approximate surface area is 103 Å². The molecule has 0 radical (unpaired) electrons. The molecule has 0 spiro atoms. The molecule has 0 aliphatic rings. The molecule has 0 saturated carbocycles. The molecule has 92 valence electrons. The Morgan fingerprint density at radius 3 is 2.67 bits per heavy atom. The lowest BCUT2D eigenvalue weighted by Crippen LogP contribution is -2.14. The van der Waals surface area contributed by atoms with Crippen molar-refractivity contribution in [2.75, 3.05) is 0 Å². The van der Waals surface area contributed by atoms with Gasteiger partial charge in [-0.3, -0.25) is 4.79 Å². The largest absolute Gasteiger partial charge is 0.477 e. The molecule has 2 rings (SSSR count). The van der Waals surface area contributed by atoms with Crippen LogP contribution in [0.1, 0.15) is 21.6 Å². The number of rotatable bonds is 2. The van der Waals surface area contributed by atoms with E-state index in [1.807, 2.05) is 32.0 Å². The van der Waals surface area contributed by atoms with E-state index in [0.29, 0.717) is 0 Å². The van der Waals surface area contributed by atoms with Gasteiger partial charge >= 0.3 is 5.97 Å². The summed E-state index contributed by atoms with van der Waals surface area (Å²) in [5.74, 6) is -0.936. The molecule has 2 N–H and O–H groups in total. The summed E-state index contributed by atoms with van der Waals surface area (Å²) in [4.78, 5) is 28.8. The van der Waals surface area contributed by atoms with Gasteiger partial charge in [0.15, 0.2) is 5.69 Å². The molecule has 0 aliphatic heterocycles. The predicted molar refractivity (Wildman–Crippen MR) is 66.7 cm³/mol. The van der Waals surface area contributed by atoms with Gasteiger partial charge in [-0.1, -0.05) is 17.7 Å². The highest BCUT2D eigenvalue weighted by atomic mass is 16.4. The summed E-state index contributed by atoms with van der Waals surface area (Å²) in [6.07, 6.45) is 0. The van der Waals surface area contributed by atoms with Gasteiger partial charge in [0.25, 0.3) is 5.56 Å². The van der Waals surface area contributed by atoms with Crippen LogP contribution in [-0.4, -0.2) is 21.0 Å². The number of aryl methyl sites for hydroxylation is 2. The second-order valence-corrected chi connectivity index (χ2v) is 4.10. The Bertz CT molecular complexity index is 674. The molecule has 0 amide bonds. The molecular formula is C13H12N2O3. The highest BCUT2D eigenvalue weighted by molar-refractivity contribution is 5.85. The van der Waals surface area contributed by atoms with Gasteiger partial charge in [-0.05, 0) is 25.5 Å². The van der Waals surface area contributed by atoms with Gasteiger partial charge in [-0.15, -0.1) is 0 Å². The zero-order valence-corrected chi connectivity index (χ0v) is 10.0. The minimum atomic E-state index is -1.22. The third-order valence-corrected chi connectivity index (χ3v) is 2.61. The summed E-state index contributed by atoms with van der Waals surface area (Å²) in [7, 11) is 0. The third kappa shape index (κ3) is 2.29.